The van der Waals surface area contributed by atoms with Gasteiger partial charge >= 0.3 is 0 Å². The predicted molar refractivity (Wildman–Crippen MR) is 119 cm³/mol. The van der Waals surface area contributed by atoms with Crippen molar-refractivity contribution in [2.45, 2.75) is 32.9 Å². The van der Waals surface area contributed by atoms with Crippen molar-refractivity contribution in [1.29, 1.82) is 0 Å². The summed E-state index contributed by atoms with van der Waals surface area (Å²) in [5.74, 6) is -0.184. The number of aryl methyl sites for hydroxylation is 1. The standard InChI is InChI=1S/C22H23FN8O/c1-12-8-30(9-13(2)26-12)20-16-4-5-25-29-19(16)17(7-24-20)22(32)28-15-6-18(23)21-27-14(3)10-31(21)11-15/h4-7,10-13,26H,8-9H2,1-3H3,(H,28,32)/t12-,13+. The highest BCUT2D eigenvalue weighted by molar-refractivity contribution is 6.13. The number of carbonyl (C=O) groups excluding carboxylic acids is 1. The molecule has 1 amide bonds. The summed E-state index contributed by atoms with van der Waals surface area (Å²) >= 11 is 0. The lowest BCUT2D eigenvalue weighted by Gasteiger charge is -2.37. The number of fused-ring (bicyclic) bond motifs is 2. The number of amides is 1. The van der Waals surface area contributed by atoms with E-state index in [0.29, 0.717) is 29.0 Å². The van der Waals surface area contributed by atoms with Gasteiger partial charge in [-0.3, -0.25) is 4.79 Å². The Bertz CT molecular complexity index is 1330. The molecule has 0 bridgehead atoms. The monoisotopic (exact) mass is 434 g/mol. The number of piperazine rings is 1. The number of hydrogen-bond acceptors (Lipinski definition) is 7. The van der Waals surface area contributed by atoms with Crippen LogP contribution in [0.3, 0.4) is 0 Å². The van der Waals surface area contributed by atoms with Crippen LogP contribution in [0.15, 0.2) is 36.9 Å². The zero-order valence-electron chi connectivity index (χ0n) is 18.0. The first-order valence-electron chi connectivity index (χ1n) is 10.5. The molecule has 2 N–H and O–H groups in total. The minimum Gasteiger partial charge on any atom is -0.353 e. The topological polar surface area (TPSA) is 100 Å². The molecule has 1 aliphatic rings. The van der Waals surface area contributed by atoms with Gasteiger partial charge in [0.1, 0.15) is 11.3 Å². The largest absolute Gasteiger partial charge is 0.353 e. The number of anilines is 2. The van der Waals surface area contributed by atoms with E-state index in [1.165, 1.54) is 12.3 Å². The summed E-state index contributed by atoms with van der Waals surface area (Å²) in [6, 6.07) is 3.69. The summed E-state index contributed by atoms with van der Waals surface area (Å²) in [4.78, 5) is 24.0. The predicted octanol–water partition coefficient (Wildman–Crippen LogP) is 2.56. The Labute approximate surface area is 183 Å². The van der Waals surface area contributed by atoms with Gasteiger partial charge in [0.05, 0.1) is 23.1 Å². The van der Waals surface area contributed by atoms with Crippen molar-refractivity contribution in [1.82, 2.24) is 29.9 Å². The zero-order valence-corrected chi connectivity index (χ0v) is 18.0. The molecular weight excluding hydrogens is 411 g/mol. The smallest absolute Gasteiger partial charge is 0.259 e. The zero-order chi connectivity index (χ0) is 22.4. The first-order chi connectivity index (χ1) is 15.4. The molecule has 5 rings (SSSR count). The van der Waals surface area contributed by atoms with Gasteiger partial charge in [0.2, 0.25) is 0 Å². The quantitative estimate of drug-likeness (QED) is 0.511. The minimum absolute atomic E-state index is 0.210. The van der Waals surface area contributed by atoms with Gasteiger partial charge in [0, 0.05) is 55.2 Å². The lowest BCUT2D eigenvalue weighted by molar-refractivity contribution is 0.102. The van der Waals surface area contributed by atoms with E-state index >= 15 is 0 Å². The third-order valence-electron chi connectivity index (χ3n) is 5.52. The second-order valence-electron chi connectivity index (χ2n) is 8.31. The molecule has 4 aromatic heterocycles. The second-order valence-corrected chi connectivity index (χ2v) is 8.31. The molecule has 1 saturated heterocycles. The second kappa shape index (κ2) is 7.79. The number of imidazole rings is 1. The number of pyridine rings is 2. The van der Waals surface area contributed by atoms with E-state index in [1.54, 1.807) is 29.9 Å². The lowest BCUT2D eigenvalue weighted by atomic mass is 10.1. The molecule has 10 heteroatoms. The summed E-state index contributed by atoms with van der Waals surface area (Å²) in [5.41, 5.74) is 1.93. The molecule has 5 heterocycles. The third kappa shape index (κ3) is 3.62. The molecule has 1 aliphatic heterocycles. The van der Waals surface area contributed by atoms with E-state index in [9.17, 15) is 9.18 Å². The summed E-state index contributed by atoms with van der Waals surface area (Å²) < 4.78 is 16.0. The maximum absolute atomic E-state index is 14.4. The Morgan fingerprint density at radius 3 is 2.81 bits per heavy atom. The summed E-state index contributed by atoms with van der Waals surface area (Å²) in [6.45, 7) is 7.63. The van der Waals surface area contributed by atoms with E-state index in [-0.39, 0.29) is 11.2 Å². The number of rotatable bonds is 3. The molecule has 32 heavy (non-hydrogen) atoms. The molecule has 0 aliphatic carbocycles. The Balaban J connectivity index is 1.50. The van der Waals surface area contributed by atoms with Crippen molar-refractivity contribution in [2.24, 2.45) is 0 Å². The van der Waals surface area contributed by atoms with E-state index in [1.807, 2.05) is 6.07 Å². The number of carbonyl (C=O) groups is 1. The normalized spacial score (nSPS) is 18.9. The highest BCUT2D eigenvalue weighted by atomic mass is 19.1. The Kier molecular flexibility index (Phi) is 4.93. The van der Waals surface area contributed by atoms with Crippen LogP contribution in [-0.2, 0) is 0 Å². The summed E-state index contributed by atoms with van der Waals surface area (Å²) in [5, 5.41) is 15.2. The molecule has 0 spiro atoms. The molecule has 9 nitrogen and oxygen atoms in total. The molecule has 1 fully saturated rings. The molecule has 4 aromatic rings. The molecule has 2 atom stereocenters. The van der Waals surface area contributed by atoms with Crippen molar-refractivity contribution in [3.8, 4) is 0 Å². The summed E-state index contributed by atoms with van der Waals surface area (Å²) in [6.07, 6.45) is 6.42. The van der Waals surface area contributed by atoms with Gasteiger partial charge in [0.25, 0.3) is 5.91 Å². The number of nitrogens with zero attached hydrogens (tertiary/aromatic N) is 6. The number of aromatic nitrogens is 5. The van der Waals surface area contributed by atoms with Crippen LogP contribution in [0.4, 0.5) is 15.9 Å². The third-order valence-corrected chi connectivity index (χ3v) is 5.52. The van der Waals surface area contributed by atoms with Gasteiger partial charge in [-0.25, -0.2) is 14.4 Å². The molecule has 0 aromatic carbocycles. The lowest BCUT2D eigenvalue weighted by Crippen LogP contribution is -2.54. The molecular formula is C22H23FN8O. The Morgan fingerprint density at radius 1 is 1.25 bits per heavy atom. The molecule has 0 unspecified atom stereocenters. The van der Waals surface area contributed by atoms with Crippen LogP contribution in [0.2, 0.25) is 0 Å². The van der Waals surface area contributed by atoms with Gasteiger partial charge in [-0.05, 0) is 26.8 Å². The SMILES string of the molecule is Cc1cn2cc(NC(=O)c3cnc(N4C[C@@H](C)N[C@@H](C)C4)c4ccnnc34)cc(F)c2n1. The molecule has 164 valence electrons. The average molecular weight is 434 g/mol. The maximum atomic E-state index is 14.4. The van der Waals surface area contributed by atoms with Crippen molar-refractivity contribution in [2.75, 3.05) is 23.3 Å². The number of hydrogen-bond donors (Lipinski definition) is 2. The molecule has 0 radical (unpaired) electrons. The van der Waals surface area contributed by atoms with Crippen LogP contribution in [0.5, 0.6) is 0 Å². The maximum Gasteiger partial charge on any atom is 0.259 e. The Hall–Kier alpha value is -3.66. The van der Waals surface area contributed by atoms with Crippen molar-refractivity contribution in [3.05, 3.63) is 54.0 Å². The minimum atomic E-state index is -0.518. The van der Waals surface area contributed by atoms with Gasteiger partial charge in [-0.2, -0.15) is 5.10 Å². The van der Waals surface area contributed by atoms with Gasteiger partial charge in [-0.1, -0.05) is 0 Å². The molecule has 0 saturated carbocycles. The van der Waals surface area contributed by atoms with Crippen LogP contribution in [0.25, 0.3) is 16.6 Å². The fourth-order valence-electron chi connectivity index (χ4n) is 4.33. The van der Waals surface area contributed by atoms with E-state index in [4.69, 9.17) is 0 Å². The highest BCUT2D eigenvalue weighted by Gasteiger charge is 2.25. The highest BCUT2D eigenvalue weighted by Crippen LogP contribution is 2.27. The number of halogens is 1. The van der Waals surface area contributed by atoms with Crippen LogP contribution in [0, 0.1) is 12.7 Å². The van der Waals surface area contributed by atoms with Crippen LogP contribution < -0.4 is 15.5 Å². The van der Waals surface area contributed by atoms with Gasteiger partial charge in [0.15, 0.2) is 11.5 Å². The van der Waals surface area contributed by atoms with Crippen LogP contribution >= 0.6 is 0 Å². The Morgan fingerprint density at radius 2 is 2.03 bits per heavy atom. The first-order valence-corrected chi connectivity index (χ1v) is 10.5. The van der Waals surface area contributed by atoms with E-state index < -0.39 is 11.7 Å². The van der Waals surface area contributed by atoms with Crippen molar-refractivity contribution in [3.63, 3.8) is 0 Å². The van der Waals surface area contributed by atoms with Crippen LogP contribution in [-0.4, -0.2) is 55.6 Å². The van der Waals surface area contributed by atoms with E-state index in [0.717, 1.165) is 24.3 Å². The summed E-state index contributed by atoms with van der Waals surface area (Å²) in [7, 11) is 0. The van der Waals surface area contributed by atoms with Gasteiger partial charge < -0.3 is 19.9 Å². The van der Waals surface area contributed by atoms with Crippen LogP contribution in [0.1, 0.15) is 29.9 Å². The first kappa shape index (κ1) is 20.3. The average Bonchev–Trinajstić information content (AvgIpc) is 3.13. The van der Waals surface area contributed by atoms with Crippen molar-refractivity contribution >= 4 is 34.0 Å². The fourth-order valence-corrected chi connectivity index (χ4v) is 4.33. The fraction of sp³-hybridized carbons (Fsp3) is 0.318. The van der Waals surface area contributed by atoms with E-state index in [2.05, 4.69) is 49.5 Å². The van der Waals surface area contributed by atoms with Crippen molar-refractivity contribution < 1.29 is 9.18 Å². The van der Waals surface area contributed by atoms with Gasteiger partial charge in [-0.15, -0.1) is 5.10 Å². The number of nitrogens with one attached hydrogen (secondary N) is 2.